The first-order valence-electron chi connectivity index (χ1n) is 8.52. The molecular weight excluding hydrogens is 366 g/mol. The summed E-state index contributed by atoms with van der Waals surface area (Å²) in [5.74, 6) is -0.560. The van der Waals surface area contributed by atoms with Crippen LogP contribution in [0, 0.1) is 6.92 Å². The number of carbonyl (C=O) groups excluding carboxylic acids is 2. The van der Waals surface area contributed by atoms with Crippen LogP contribution in [0.5, 0.6) is 0 Å². The molecule has 0 aliphatic rings. The second-order valence-corrected chi connectivity index (χ2v) is 7.78. The zero-order chi connectivity index (χ0) is 20.0. The van der Waals surface area contributed by atoms with Gasteiger partial charge in [0.25, 0.3) is 15.9 Å². The summed E-state index contributed by atoms with van der Waals surface area (Å²) in [6.07, 6.45) is 0.787. The Balaban J connectivity index is 2.29. The molecule has 0 unspecified atom stereocenters. The largest absolute Gasteiger partial charge is 0.352 e. The van der Waals surface area contributed by atoms with E-state index in [1.807, 2.05) is 6.92 Å². The summed E-state index contributed by atoms with van der Waals surface area (Å²) in [4.78, 5) is 23.4. The van der Waals surface area contributed by atoms with Crippen LogP contribution in [0.1, 0.15) is 36.2 Å². The van der Waals surface area contributed by atoms with E-state index in [-0.39, 0.29) is 16.7 Å². The van der Waals surface area contributed by atoms with Crippen LogP contribution < -0.4 is 15.4 Å². The Bertz CT molecular complexity index is 955. The molecule has 0 saturated carbocycles. The third kappa shape index (κ3) is 5.55. The van der Waals surface area contributed by atoms with Crippen LogP contribution in [0.2, 0.25) is 0 Å². The maximum absolute atomic E-state index is 12.7. The number of sulfonamides is 1. The van der Waals surface area contributed by atoms with E-state index in [1.165, 1.54) is 25.1 Å². The molecule has 144 valence electrons. The van der Waals surface area contributed by atoms with Gasteiger partial charge < -0.3 is 10.6 Å². The monoisotopic (exact) mass is 389 g/mol. The molecule has 27 heavy (non-hydrogen) atoms. The summed E-state index contributed by atoms with van der Waals surface area (Å²) in [6.45, 7) is 5.58. The van der Waals surface area contributed by atoms with Crippen molar-refractivity contribution in [2.45, 2.75) is 32.1 Å². The van der Waals surface area contributed by atoms with E-state index in [1.54, 1.807) is 31.2 Å². The van der Waals surface area contributed by atoms with E-state index in [9.17, 15) is 18.0 Å². The highest BCUT2D eigenvalue weighted by Gasteiger charge is 2.18. The SMILES string of the molecule is CCCNC(=O)c1cc(S(=O)(=O)Nc2cccc(NC(C)=O)c2)ccc1C. The fourth-order valence-corrected chi connectivity index (χ4v) is 3.50. The Morgan fingerprint density at radius 1 is 1.04 bits per heavy atom. The lowest BCUT2D eigenvalue weighted by Gasteiger charge is -2.12. The van der Waals surface area contributed by atoms with Crippen molar-refractivity contribution >= 4 is 33.2 Å². The molecule has 8 heteroatoms. The molecule has 0 saturated heterocycles. The van der Waals surface area contributed by atoms with E-state index in [0.29, 0.717) is 29.0 Å². The van der Waals surface area contributed by atoms with Gasteiger partial charge in [0, 0.05) is 24.7 Å². The van der Waals surface area contributed by atoms with Gasteiger partial charge in [0.2, 0.25) is 5.91 Å². The van der Waals surface area contributed by atoms with Crippen molar-refractivity contribution in [1.82, 2.24) is 5.32 Å². The van der Waals surface area contributed by atoms with Gasteiger partial charge in [-0.05, 0) is 49.2 Å². The summed E-state index contributed by atoms with van der Waals surface area (Å²) >= 11 is 0. The quantitative estimate of drug-likeness (QED) is 0.677. The minimum atomic E-state index is -3.89. The Morgan fingerprint density at radius 2 is 1.74 bits per heavy atom. The maximum Gasteiger partial charge on any atom is 0.261 e. The molecule has 0 bridgehead atoms. The topological polar surface area (TPSA) is 104 Å². The Hall–Kier alpha value is -2.87. The van der Waals surface area contributed by atoms with Gasteiger partial charge in [0.1, 0.15) is 0 Å². The molecular formula is C19H23N3O4S. The highest BCUT2D eigenvalue weighted by atomic mass is 32.2. The molecule has 2 aromatic rings. The van der Waals surface area contributed by atoms with Gasteiger partial charge in [-0.15, -0.1) is 0 Å². The standard InChI is InChI=1S/C19H23N3O4S/c1-4-10-20-19(24)18-12-17(9-8-13(18)2)27(25,26)22-16-7-5-6-15(11-16)21-14(3)23/h5-9,11-12,22H,4,10H2,1-3H3,(H,20,24)(H,21,23). The number of amides is 2. The zero-order valence-corrected chi connectivity index (χ0v) is 16.3. The second-order valence-electron chi connectivity index (χ2n) is 6.10. The van der Waals surface area contributed by atoms with E-state index in [0.717, 1.165) is 6.42 Å². The molecule has 0 aliphatic heterocycles. The minimum absolute atomic E-state index is 0.0142. The van der Waals surface area contributed by atoms with Crippen molar-refractivity contribution in [2.75, 3.05) is 16.6 Å². The van der Waals surface area contributed by atoms with E-state index >= 15 is 0 Å². The molecule has 3 N–H and O–H groups in total. The number of anilines is 2. The smallest absolute Gasteiger partial charge is 0.261 e. The molecule has 0 atom stereocenters. The normalized spacial score (nSPS) is 10.9. The number of rotatable bonds is 7. The number of carbonyl (C=O) groups is 2. The van der Waals surface area contributed by atoms with Gasteiger partial charge in [-0.25, -0.2) is 8.42 Å². The van der Waals surface area contributed by atoms with Crippen molar-refractivity contribution in [3.05, 3.63) is 53.6 Å². The van der Waals surface area contributed by atoms with Crippen LogP contribution in [0.25, 0.3) is 0 Å². The minimum Gasteiger partial charge on any atom is -0.352 e. The second kappa shape index (κ2) is 8.68. The van der Waals surface area contributed by atoms with Crippen LogP contribution in [0.4, 0.5) is 11.4 Å². The molecule has 2 aromatic carbocycles. The molecule has 0 aromatic heterocycles. The van der Waals surface area contributed by atoms with E-state index < -0.39 is 10.0 Å². The van der Waals surface area contributed by atoms with Gasteiger partial charge in [0.05, 0.1) is 10.6 Å². The maximum atomic E-state index is 12.7. The summed E-state index contributed by atoms with van der Waals surface area (Å²) in [7, 11) is -3.89. The first kappa shape index (κ1) is 20.4. The third-order valence-electron chi connectivity index (χ3n) is 3.73. The van der Waals surface area contributed by atoms with Crippen LogP contribution in [0.3, 0.4) is 0 Å². The molecule has 0 radical (unpaired) electrons. The lowest BCUT2D eigenvalue weighted by atomic mass is 10.1. The number of hydrogen-bond donors (Lipinski definition) is 3. The highest BCUT2D eigenvalue weighted by Crippen LogP contribution is 2.21. The first-order chi connectivity index (χ1) is 12.7. The van der Waals surface area contributed by atoms with Crippen molar-refractivity contribution < 1.29 is 18.0 Å². The third-order valence-corrected chi connectivity index (χ3v) is 5.11. The van der Waals surface area contributed by atoms with Gasteiger partial charge >= 0.3 is 0 Å². The molecule has 2 amide bonds. The molecule has 7 nitrogen and oxygen atoms in total. The summed E-state index contributed by atoms with van der Waals surface area (Å²) in [5, 5.41) is 5.34. The molecule has 0 spiro atoms. The number of hydrogen-bond acceptors (Lipinski definition) is 4. The van der Waals surface area contributed by atoms with Crippen LogP contribution in [0.15, 0.2) is 47.4 Å². The van der Waals surface area contributed by atoms with E-state index in [2.05, 4.69) is 15.4 Å². The number of benzene rings is 2. The van der Waals surface area contributed by atoms with Crippen molar-refractivity contribution in [2.24, 2.45) is 0 Å². The van der Waals surface area contributed by atoms with Crippen LogP contribution in [-0.2, 0) is 14.8 Å². The van der Waals surface area contributed by atoms with Gasteiger partial charge in [-0.1, -0.05) is 19.1 Å². The average Bonchev–Trinajstić information content (AvgIpc) is 2.59. The fourth-order valence-electron chi connectivity index (χ4n) is 2.42. The zero-order valence-electron chi connectivity index (χ0n) is 15.5. The Kier molecular flexibility index (Phi) is 6.57. The predicted octanol–water partition coefficient (Wildman–Crippen LogP) is 2.89. The molecule has 0 fully saturated rings. The highest BCUT2D eigenvalue weighted by molar-refractivity contribution is 7.92. The summed E-state index contributed by atoms with van der Waals surface area (Å²) in [6, 6.07) is 10.8. The average molecular weight is 389 g/mol. The number of nitrogens with one attached hydrogen (secondary N) is 3. The van der Waals surface area contributed by atoms with Gasteiger partial charge in [0.15, 0.2) is 0 Å². The summed E-state index contributed by atoms with van der Waals surface area (Å²) < 4.78 is 27.9. The predicted molar refractivity (Wildman–Crippen MR) is 105 cm³/mol. The lowest BCUT2D eigenvalue weighted by molar-refractivity contribution is -0.114. The van der Waals surface area contributed by atoms with Crippen LogP contribution in [-0.4, -0.2) is 26.8 Å². The summed E-state index contributed by atoms with van der Waals surface area (Å²) in [5.41, 5.74) is 1.79. The Morgan fingerprint density at radius 3 is 2.41 bits per heavy atom. The van der Waals surface area contributed by atoms with Crippen molar-refractivity contribution in [3.63, 3.8) is 0 Å². The number of aryl methyl sites for hydroxylation is 1. The first-order valence-corrected chi connectivity index (χ1v) is 10.0. The van der Waals surface area contributed by atoms with E-state index in [4.69, 9.17) is 0 Å². The molecule has 0 aliphatic carbocycles. The van der Waals surface area contributed by atoms with Gasteiger partial charge in [-0.2, -0.15) is 0 Å². The Labute approximate surface area is 159 Å². The lowest BCUT2D eigenvalue weighted by Crippen LogP contribution is -2.25. The van der Waals surface area contributed by atoms with Crippen molar-refractivity contribution in [1.29, 1.82) is 0 Å². The van der Waals surface area contributed by atoms with Gasteiger partial charge in [-0.3, -0.25) is 14.3 Å². The molecule has 0 heterocycles. The fraction of sp³-hybridized carbons (Fsp3) is 0.263. The molecule has 2 rings (SSSR count). The van der Waals surface area contributed by atoms with Crippen molar-refractivity contribution in [3.8, 4) is 0 Å². The van der Waals surface area contributed by atoms with Crippen LogP contribution >= 0.6 is 0 Å².